The molecule has 26 heavy (non-hydrogen) atoms. The number of H-pyrrole nitrogens is 1. The molecule has 7 heteroatoms. The molecule has 0 bridgehead atoms. The van der Waals surface area contributed by atoms with Gasteiger partial charge in [-0.05, 0) is 49.2 Å². The molecule has 0 saturated carbocycles. The van der Waals surface area contributed by atoms with Crippen LogP contribution in [-0.4, -0.2) is 34.9 Å². The predicted molar refractivity (Wildman–Crippen MR) is 99.1 cm³/mol. The Kier molecular flexibility index (Phi) is 5.17. The average Bonchev–Trinajstić information content (AvgIpc) is 3.04. The van der Waals surface area contributed by atoms with Gasteiger partial charge in [0, 0.05) is 12.4 Å². The molecule has 0 fully saturated rings. The number of carbonyl (C=O) groups is 2. The third kappa shape index (κ3) is 4.00. The molecule has 7 nitrogen and oxygen atoms in total. The molecule has 2 heterocycles. The molecular weight excluding hydrogens is 332 g/mol. The Morgan fingerprint density at radius 1 is 1.15 bits per heavy atom. The van der Waals surface area contributed by atoms with Crippen LogP contribution >= 0.6 is 0 Å². The number of aryl methyl sites for hydroxylation is 2. The Balaban J connectivity index is 1.47. The first kappa shape index (κ1) is 17.5. The van der Waals surface area contributed by atoms with Gasteiger partial charge in [-0.1, -0.05) is 6.07 Å². The Hall–Kier alpha value is -3.35. The number of aromatic nitrogens is 2. The zero-order valence-electron chi connectivity index (χ0n) is 14.6. The van der Waals surface area contributed by atoms with E-state index >= 15 is 0 Å². The zero-order valence-corrected chi connectivity index (χ0v) is 14.6. The highest BCUT2D eigenvalue weighted by molar-refractivity contribution is 6.40. The lowest BCUT2D eigenvalue weighted by molar-refractivity contribution is -0.136. The van der Waals surface area contributed by atoms with Crippen LogP contribution < -0.4 is 15.4 Å². The van der Waals surface area contributed by atoms with Crippen LogP contribution in [-0.2, 0) is 9.59 Å². The van der Waals surface area contributed by atoms with E-state index in [4.69, 9.17) is 4.74 Å². The summed E-state index contributed by atoms with van der Waals surface area (Å²) in [4.78, 5) is 31.1. The number of anilines is 1. The summed E-state index contributed by atoms with van der Waals surface area (Å²) in [6.45, 7) is 4.54. The normalized spacial score (nSPS) is 10.5. The van der Waals surface area contributed by atoms with E-state index in [-0.39, 0.29) is 13.2 Å². The summed E-state index contributed by atoms with van der Waals surface area (Å²) in [5.41, 5.74) is 4.18. The summed E-state index contributed by atoms with van der Waals surface area (Å²) in [6.07, 6.45) is 3.22. The van der Waals surface area contributed by atoms with Gasteiger partial charge in [-0.15, -0.1) is 0 Å². The number of hydrogen-bond donors (Lipinski definition) is 3. The van der Waals surface area contributed by atoms with Crippen LogP contribution in [0.2, 0.25) is 0 Å². The van der Waals surface area contributed by atoms with E-state index in [1.807, 2.05) is 38.1 Å². The fourth-order valence-electron chi connectivity index (χ4n) is 2.45. The van der Waals surface area contributed by atoms with Crippen molar-refractivity contribution in [3.8, 4) is 5.75 Å². The molecule has 0 aliphatic heterocycles. The monoisotopic (exact) mass is 352 g/mol. The highest BCUT2D eigenvalue weighted by Gasteiger charge is 2.15. The number of ether oxygens (including phenoxy) is 1. The molecule has 3 aromatic rings. The Bertz CT molecular complexity index is 949. The number of fused-ring (bicyclic) bond motifs is 1. The van der Waals surface area contributed by atoms with Crippen LogP contribution in [0, 0.1) is 13.8 Å². The van der Waals surface area contributed by atoms with Crippen molar-refractivity contribution in [3.05, 3.63) is 53.9 Å². The van der Waals surface area contributed by atoms with Gasteiger partial charge in [-0.2, -0.15) is 0 Å². The number of rotatable bonds is 5. The Morgan fingerprint density at radius 3 is 2.81 bits per heavy atom. The van der Waals surface area contributed by atoms with Gasteiger partial charge in [0.2, 0.25) is 0 Å². The molecule has 2 aromatic heterocycles. The minimum atomic E-state index is -0.747. The summed E-state index contributed by atoms with van der Waals surface area (Å²) < 4.78 is 5.57. The Morgan fingerprint density at radius 2 is 2.00 bits per heavy atom. The van der Waals surface area contributed by atoms with E-state index in [1.165, 1.54) is 5.56 Å². The van der Waals surface area contributed by atoms with Crippen molar-refractivity contribution in [1.82, 2.24) is 15.3 Å². The predicted octanol–water partition coefficient (Wildman–Crippen LogP) is 2.31. The molecule has 2 amide bonds. The third-order valence-electron chi connectivity index (χ3n) is 4.02. The smallest absolute Gasteiger partial charge is 0.313 e. The van der Waals surface area contributed by atoms with Crippen molar-refractivity contribution in [2.75, 3.05) is 18.5 Å². The molecule has 0 aliphatic rings. The van der Waals surface area contributed by atoms with Gasteiger partial charge in [0.1, 0.15) is 17.9 Å². The lowest BCUT2D eigenvalue weighted by Crippen LogP contribution is -2.37. The molecule has 0 saturated heterocycles. The molecule has 0 aliphatic carbocycles. The zero-order chi connectivity index (χ0) is 18.5. The van der Waals surface area contributed by atoms with Crippen molar-refractivity contribution in [2.45, 2.75) is 13.8 Å². The maximum atomic E-state index is 12.0. The maximum Gasteiger partial charge on any atom is 0.313 e. The highest BCUT2D eigenvalue weighted by Crippen LogP contribution is 2.19. The number of pyridine rings is 1. The number of nitrogens with zero attached hydrogens (tertiary/aromatic N) is 1. The molecular formula is C19H20N4O3. The fourth-order valence-corrected chi connectivity index (χ4v) is 2.45. The number of carbonyl (C=O) groups excluding carboxylic acids is 2. The van der Waals surface area contributed by atoms with Crippen LogP contribution in [0.15, 0.2) is 42.7 Å². The molecule has 134 valence electrons. The molecule has 0 spiro atoms. The topological polar surface area (TPSA) is 96.1 Å². The van der Waals surface area contributed by atoms with Crippen molar-refractivity contribution < 1.29 is 14.3 Å². The van der Waals surface area contributed by atoms with E-state index < -0.39 is 11.8 Å². The summed E-state index contributed by atoms with van der Waals surface area (Å²) in [7, 11) is 0. The molecule has 0 unspecified atom stereocenters. The second-order valence-corrected chi connectivity index (χ2v) is 5.91. The van der Waals surface area contributed by atoms with Crippen LogP contribution in [0.3, 0.4) is 0 Å². The second-order valence-electron chi connectivity index (χ2n) is 5.91. The van der Waals surface area contributed by atoms with Crippen molar-refractivity contribution in [2.24, 2.45) is 0 Å². The fraction of sp³-hybridized carbons (Fsp3) is 0.211. The molecule has 3 rings (SSSR count). The van der Waals surface area contributed by atoms with Gasteiger partial charge in [0.05, 0.1) is 17.7 Å². The quantitative estimate of drug-likeness (QED) is 0.485. The summed E-state index contributed by atoms with van der Waals surface area (Å²) in [6, 6.07) is 9.41. The molecule has 3 N–H and O–H groups in total. The standard InChI is InChI=1S/C19H20N4O3/c1-12-5-6-14(10-13(12)2)26-9-8-21-18(24)19(25)23-16-11-22-15-4-3-7-20-17(15)16/h3-7,10-11,22H,8-9H2,1-2H3,(H,21,24)(H,23,25). The Labute approximate surface area is 150 Å². The minimum absolute atomic E-state index is 0.227. The van der Waals surface area contributed by atoms with Crippen LogP contribution in [0.1, 0.15) is 11.1 Å². The van der Waals surface area contributed by atoms with Gasteiger partial charge < -0.3 is 20.4 Å². The SMILES string of the molecule is Cc1ccc(OCCNC(=O)C(=O)Nc2c[nH]c3cccnc23)cc1C. The highest BCUT2D eigenvalue weighted by atomic mass is 16.5. The summed E-state index contributed by atoms with van der Waals surface area (Å²) in [5.74, 6) is -0.738. The van der Waals surface area contributed by atoms with Crippen LogP contribution in [0.5, 0.6) is 5.75 Å². The lowest BCUT2D eigenvalue weighted by atomic mass is 10.1. The van der Waals surface area contributed by atoms with Gasteiger partial charge in [-0.3, -0.25) is 14.6 Å². The van der Waals surface area contributed by atoms with Gasteiger partial charge in [0.15, 0.2) is 0 Å². The molecule has 1 aromatic carbocycles. The first-order valence-electron chi connectivity index (χ1n) is 8.26. The third-order valence-corrected chi connectivity index (χ3v) is 4.02. The van der Waals surface area contributed by atoms with Gasteiger partial charge in [-0.25, -0.2) is 0 Å². The first-order chi connectivity index (χ1) is 12.5. The second kappa shape index (κ2) is 7.69. The van der Waals surface area contributed by atoms with E-state index in [1.54, 1.807) is 18.5 Å². The number of nitrogens with one attached hydrogen (secondary N) is 3. The van der Waals surface area contributed by atoms with Gasteiger partial charge >= 0.3 is 11.8 Å². The first-order valence-corrected chi connectivity index (χ1v) is 8.26. The number of amides is 2. The van der Waals surface area contributed by atoms with Gasteiger partial charge in [0.25, 0.3) is 0 Å². The minimum Gasteiger partial charge on any atom is -0.492 e. The van der Waals surface area contributed by atoms with Crippen molar-refractivity contribution >= 4 is 28.5 Å². The lowest BCUT2D eigenvalue weighted by Gasteiger charge is -2.09. The summed E-state index contributed by atoms with van der Waals surface area (Å²) >= 11 is 0. The average molecular weight is 352 g/mol. The number of benzene rings is 1. The largest absolute Gasteiger partial charge is 0.492 e. The number of aromatic amines is 1. The van der Waals surface area contributed by atoms with E-state index in [0.29, 0.717) is 11.2 Å². The molecule has 0 atom stereocenters. The number of hydrogen-bond acceptors (Lipinski definition) is 4. The van der Waals surface area contributed by atoms with Crippen LogP contribution in [0.4, 0.5) is 5.69 Å². The van der Waals surface area contributed by atoms with Crippen molar-refractivity contribution in [1.29, 1.82) is 0 Å². The van der Waals surface area contributed by atoms with E-state index in [0.717, 1.165) is 16.8 Å². The molecule has 0 radical (unpaired) electrons. The maximum absolute atomic E-state index is 12.0. The van der Waals surface area contributed by atoms with Crippen LogP contribution in [0.25, 0.3) is 11.0 Å². The van der Waals surface area contributed by atoms with E-state index in [2.05, 4.69) is 20.6 Å². The van der Waals surface area contributed by atoms with Crippen molar-refractivity contribution in [3.63, 3.8) is 0 Å². The van der Waals surface area contributed by atoms with E-state index in [9.17, 15) is 9.59 Å². The summed E-state index contributed by atoms with van der Waals surface area (Å²) in [5, 5.41) is 5.08.